The molecule has 1 atom stereocenters. The first kappa shape index (κ1) is 22.9. The molecule has 5 nitrogen and oxygen atoms in total. The highest BCUT2D eigenvalue weighted by Gasteiger charge is 2.36. The Morgan fingerprint density at radius 2 is 1.94 bits per heavy atom. The lowest BCUT2D eigenvalue weighted by Crippen LogP contribution is -2.41. The first-order chi connectivity index (χ1) is 17.6. The molecule has 3 heterocycles. The van der Waals surface area contributed by atoms with E-state index in [1.807, 2.05) is 58.7 Å². The monoisotopic (exact) mass is 501 g/mol. The number of ether oxygens (including phenoxy) is 1. The molecule has 0 saturated carbocycles. The summed E-state index contributed by atoms with van der Waals surface area (Å²) in [6.45, 7) is 0.853. The summed E-state index contributed by atoms with van der Waals surface area (Å²) in [7, 11) is 1.63. The van der Waals surface area contributed by atoms with Gasteiger partial charge < -0.3 is 19.5 Å². The van der Waals surface area contributed by atoms with Crippen LogP contribution in [0.25, 0.3) is 5.00 Å². The summed E-state index contributed by atoms with van der Waals surface area (Å²) in [6, 6.07) is 17.8. The summed E-state index contributed by atoms with van der Waals surface area (Å²) in [5, 5.41) is 4.31. The van der Waals surface area contributed by atoms with E-state index < -0.39 is 6.04 Å². The summed E-state index contributed by atoms with van der Waals surface area (Å²) in [5.74, 6) is 0.445. The van der Waals surface area contributed by atoms with Gasteiger partial charge in [0.2, 0.25) is 0 Å². The molecule has 2 aromatic heterocycles. The SMILES string of the molecule is COc1cccc(CNC(=O)N2Cc3c(sc4c3CCCC4)-n3cccc3[C@H]2c2cccc(F)c2)c1. The molecule has 1 aliphatic carbocycles. The van der Waals surface area contributed by atoms with Gasteiger partial charge in [-0.05, 0) is 78.8 Å². The Morgan fingerprint density at radius 1 is 1.08 bits per heavy atom. The molecule has 0 saturated heterocycles. The number of thiophene rings is 1. The van der Waals surface area contributed by atoms with Gasteiger partial charge in [-0.1, -0.05) is 24.3 Å². The molecule has 0 fully saturated rings. The van der Waals surface area contributed by atoms with Crippen LogP contribution in [-0.2, 0) is 25.9 Å². The quantitative estimate of drug-likeness (QED) is 0.353. The Morgan fingerprint density at radius 3 is 2.81 bits per heavy atom. The molecule has 1 aliphatic heterocycles. The van der Waals surface area contributed by atoms with Gasteiger partial charge in [0.15, 0.2) is 0 Å². The summed E-state index contributed by atoms with van der Waals surface area (Å²) >= 11 is 1.84. The van der Waals surface area contributed by atoms with Crippen LogP contribution in [0.2, 0.25) is 0 Å². The topological polar surface area (TPSA) is 46.5 Å². The molecule has 0 spiro atoms. The van der Waals surface area contributed by atoms with Crippen LogP contribution in [0, 0.1) is 5.82 Å². The number of benzene rings is 2. The molecule has 2 amide bonds. The number of amides is 2. The Bertz CT molecular complexity index is 1430. The van der Waals surface area contributed by atoms with Crippen LogP contribution in [-0.4, -0.2) is 22.6 Å². The maximum atomic E-state index is 14.4. The number of rotatable bonds is 4. The molecule has 6 rings (SSSR count). The van der Waals surface area contributed by atoms with E-state index >= 15 is 0 Å². The fraction of sp³-hybridized carbons (Fsp3) is 0.276. The lowest BCUT2D eigenvalue weighted by Gasteiger charge is -2.31. The van der Waals surface area contributed by atoms with Crippen LogP contribution in [0.1, 0.15) is 51.7 Å². The molecule has 0 radical (unpaired) electrons. The van der Waals surface area contributed by atoms with Crippen molar-refractivity contribution in [2.75, 3.05) is 7.11 Å². The van der Waals surface area contributed by atoms with Crippen molar-refractivity contribution >= 4 is 17.4 Å². The maximum Gasteiger partial charge on any atom is 0.318 e. The standard InChI is InChI=1S/C29H28FN3O2S/c1-35-22-10-4-7-19(15-22)17-31-29(34)33-18-24-23-11-2-3-13-26(23)36-28(24)32-14-6-12-25(32)27(33)20-8-5-9-21(30)16-20/h4-10,12,14-16,27H,2-3,11,13,17-18H2,1H3,(H,31,34)/t27-/m1/s1. The lowest BCUT2D eigenvalue weighted by molar-refractivity contribution is 0.180. The molecule has 0 bridgehead atoms. The third kappa shape index (κ3) is 4.07. The van der Waals surface area contributed by atoms with Crippen LogP contribution >= 0.6 is 11.3 Å². The first-order valence-electron chi connectivity index (χ1n) is 12.4. The van der Waals surface area contributed by atoms with Gasteiger partial charge in [0.05, 0.1) is 25.4 Å². The zero-order valence-electron chi connectivity index (χ0n) is 20.2. The number of fused-ring (bicyclic) bond motifs is 5. The smallest absolute Gasteiger partial charge is 0.318 e. The van der Waals surface area contributed by atoms with Crippen LogP contribution in [0.3, 0.4) is 0 Å². The Balaban J connectivity index is 1.42. The number of hydrogen-bond acceptors (Lipinski definition) is 3. The molecule has 1 N–H and O–H groups in total. The summed E-state index contributed by atoms with van der Waals surface area (Å²) in [4.78, 5) is 17.2. The highest BCUT2D eigenvalue weighted by atomic mass is 32.1. The van der Waals surface area contributed by atoms with E-state index in [-0.39, 0.29) is 11.8 Å². The molecule has 7 heteroatoms. The number of methoxy groups -OCH3 is 1. The van der Waals surface area contributed by atoms with E-state index in [1.165, 1.54) is 39.9 Å². The third-order valence-electron chi connectivity index (χ3n) is 7.18. The van der Waals surface area contributed by atoms with E-state index in [0.29, 0.717) is 13.1 Å². The molecule has 184 valence electrons. The van der Waals surface area contributed by atoms with Gasteiger partial charge in [-0.2, -0.15) is 0 Å². The number of hydrogen-bond donors (Lipinski definition) is 1. The Kier molecular flexibility index (Phi) is 6.01. The number of nitrogens with one attached hydrogen (secondary N) is 1. The minimum absolute atomic E-state index is 0.177. The Hall–Kier alpha value is -3.58. The lowest BCUT2D eigenvalue weighted by atomic mass is 9.95. The van der Waals surface area contributed by atoms with E-state index in [2.05, 4.69) is 16.1 Å². The number of urea groups is 1. The third-order valence-corrected chi connectivity index (χ3v) is 8.52. The van der Waals surface area contributed by atoms with Crippen molar-refractivity contribution in [3.8, 4) is 10.8 Å². The van der Waals surface area contributed by atoms with Gasteiger partial charge in [0.1, 0.15) is 16.6 Å². The van der Waals surface area contributed by atoms with Gasteiger partial charge in [-0.15, -0.1) is 11.3 Å². The average molecular weight is 502 g/mol. The molecule has 36 heavy (non-hydrogen) atoms. The highest BCUT2D eigenvalue weighted by molar-refractivity contribution is 7.15. The predicted molar refractivity (Wildman–Crippen MR) is 139 cm³/mol. The second kappa shape index (κ2) is 9.47. The number of nitrogens with zero attached hydrogens (tertiary/aromatic N) is 2. The molecule has 0 unspecified atom stereocenters. The molecule has 2 aromatic carbocycles. The minimum atomic E-state index is -0.417. The predicted octanol–water partition coefficient (Wildman–Crippen LogP) is 6.38. The van der Waals surface area contributed by atoms with Gasteiger partial charge in [0.25, 0.3) is 0 Å². The number of carbonyl (C=O) groups is 1. The maximum absolute atomic E-state index is 14.4. The van der Waals surface area contributed by atoms with Crippen molar-refractivity contribution in [3.05, 3.63) is 106 Å². The zero-order valence-corrected chi connectivity index (χ0v) is 21.0. The second-order valence-corrected chi connectivity index (χ2v) is 10.5. The first-order valence-corrected chi connectivity index (χ1v) is 13.2. The summed E-state index contributed by atoms with van der Waals surface area (Å²) in [6.07, 6.45) is 6.59. The number of aromatic nitrogens is 1. The van der Waals surface area contributed by atoms with Crippen LogP contribution in [0.5, 0.6) is 5.75 Å². The van der Waals surface area contributed by atoms with Crippen LogP contribution in [0.15, 0.2) is 66.9 Å². The van der Waals surface area contributed by atoms with E-state index in [0.717, 1.165) is 35.4 Å². The van der Waals surface area contributed by atoms with Gasteiger partial charge >= 0.3 is 6.03 Å². The number of aryl methyl sites for hydroxylation is 1. The van der Waals surface area contributed by atoms with E-state index in [9.17, 15) is 9.18 Å². The van der Waals surface area contributed by atoms with Crippen LogP contribution in [0.4, 0.5) is 9.18 Å². The number of carbonyl (C=O) groups excluding carboxylic acids is 1. The highest BCUT2D eigenvalue weighted by Crippen LogP contribution is 2.44. The molecule has 4 aromatic rings. The average Bonchev–Trinajstić information content (AvgIpc) is 3.49. The van der Waals surface area contributed by atoms with Crippen LogP contribution < -0.4 is 10.1 Å². The van der Waals surface area contributed by atoms with Crippen molar-refractivity contribution in [1.82, 2.24) is 14.8 Å². The fourth-order valence-corrected chi connectivity index (χ4v) is 6.88. The number of halogens is 1. The second-order valence-electron chi connectivity index (χ2n) is 9.39. The largest absolute Gasteiger partial charge is 0.497 e. The van der Waals surface area contributed by atoms with Crippen molar-refractivity contribution in [2.24, 2.45) is 0 Å². The zero-order chi connectivity index (χ0) is 24.6. The van der Waals surface area contributed by atoms with Gasteiger partial charge in [-0.3, -0.25) is 0 Å². The minimum Gasteiger partial charge on any atom is -0.497 e. The summed E-state index contributed by atoms with van der Waals surface area (Å²) in [5.41, 5.74) is 5.30. The van der Waals surface area contributed by atoms with E-state index in [1.54, 1.807) is 19.2 Å². The van der Waals surface area contributed by atoms with Gasteiger partial charge in [-0.25, -0.2) is 9.18 Å². The normalized spacial score (nSPS) is 16.5. The molecular weight excluding hydrogens is 473 g/mol. The fourth-order valence-electron chi connectivity index (χ4n) is 5.48. The summed E-state index contributed by atoms with van der Waals surface area (Å²) < 4.78 is 21.9. The van der Waals surface area contributed by atoms with Crippen molar-refractivity contribution in [1.29, 1.82) is 0 Å². The molecular formula is C29H28FN3O2S. The molecule has 2 aliphatic rings. The van der Waals surface area contributed by atoms with Crippen molar-refractivity contribution in [2.45, 2.75) is 44.8 Å². The van der Waals surface area contributed by atoms with Crippen molar-refractivity contribution < 1.29 is 13.9 Å². The van der Waals surface area contributed by atoms with E-state index in [4.69, 9.17) is 4.74 Å². The van der Waals surface area contributed by atoms with Gasteiger partial charge in [0, 0.05) is 23.2 Å². The Labute approximate surface area is 214 Å². The van der Waals surface area contributed by atoms with Crippen molar-refractivity contribution in [3.63, 3.8) is 0 Å².